The predicted octanol–water partition coefficient (Wildman–Crippen LogP) is 2.19. The Hall–Kier alpha value is -1.57. The summed E-state index contributed by atoms with van der Waals surface area (Å²) in [4.78, 5) is 12.1. The summed E-state index contributed by atoms with van der Waals surface area (Å²) in [5, 5.41) is 6.77. The summed E-state index contributed by atoms with van der Waals surface area (Å²) in [7, 11) is 1.71. The van der Waals surface area contributed by atoms with Crippen LogP contribution in [0.2, 0.25) is 0 Å². The fraction of sp³-hybridized carbons (Fsp3) is 0.692. The van der Waals surface area contributed by atoms with Crippen LogP contribution in [0, 0.1) is 11.8 Å². The van der Waals surface area contributed by atoms with Crippen molar-refractivity contribution in [3.63, 3.8) is 0 Å². The Morgan fingerprint density at radius 2 is 2.05 bits per heavy atom. The lowest BCUT2D eigenvalue weighted by atomic mass is 9.81. The molecule has 1 heterocycles. The number of rotatable bonds is 3. The topological polar surface area (TPSA) is 72.9 Å². The molecule has 0 atom stereocenters. The summed E-state index contributed by atoms with van der Waals surface area (Å²) >= 11 is 0. The van der Waals surface area contributed by atoms with E-state index < -0.39 is 18.0 Å². The van der Waals surface area contributed by atoms with Crippen molar-refractivity contribution < 1.29 is 18.0 Å². The first-order valence-electron chi connectivity index (χ1n) is 6.91. The molecule has 0 aliphatic heterocycles. The molecular weight excluding hydrogens is 285 g/mol. The van der Waals surface area contributed by atoms with Crippen molar-refractivity contribution in [3.05, 3.63) is 11.8 Å². The minimum absolute atomic E-state index is 0.00749. The number of hydrogen-bond donors (Lipinski definition) is 2. The molecule has 0 aromatic carbocycles. The van der Waals surface area contributed by atoms with Gasteiger partial charge in [0, 0.05) is 31.3 Å². The fourth-order valence-electron chi connectivity index (χ4n) is 2.69. The molecule has 1 aromatic rings. The van der Waals surface area contributed by atoms with Gasteiger partial charge in [-0.05, 0) is 25.7 Å². The van der Waals surface area contributed by atoms with E-state index in [1.165, 1.54) is 0 Å². The van der Waals surface area contributed by atoms with Crippen molar-refractivity contribution in [1.29, 1.82) is 0 Å². The third kappa shape index (κ3) is 3.75. The lowest BCUT2D eigenvalue weighted by Gasteiger charge is -2.28. The summed E-state index contributed by atoms with van der Waals surface area (Å²) < 4.78 is 39.3. The van der Waals surface area contributed by atoms with E-state index in [0.29, 0.717) is 11.4 Å². The minimum atomic E-state index is -4.16. The first-order valence-corrected chi connectivity index (χ1v) is 6.91. The Morgan fingerprint density at radius 3 is 2.57 bits per heavy atom. The predicted molar refractivity (Wildman–Crippen MR) is 71.2 cm³/mol. The van der Waals surface area contributed by atoms with E-state index in [0.717, 1.165) is 0 Å². The number of nitrogens with zero attached hydrogens (tertiary/aromatic N) is 2. The number of aryl methyl sites for hydroxylation is 1. The van der Waals surface area contributed by atoms with E-state index in [4.69, 9.17) is 5.73 Å². The highest BCUT2D eigenvalue weighted by atomic mass is 19.4. The van der Waals surface area contributed by atoms with Gasteiger partial charge in [0.2, 0.25) is 5.91 Å². The lowest BCUT2D eigenvalue weighted by Crippen LogP contribution is -2.32. The van der Waals surface area contributed by atoms with Crippen LogP contribution in [0.3, 0.4) is 0 Å². The third-order valence-electron chi connectivity index (χ3n) is 3.93. The van der Waals surface area contributed by atoms with Gasteiger partial charge in [-0.1, -0.05) is 0 Å². The molecule has 1 amide bonds. The number of nitrogens with two attached hydrogens (primary N) is 1. The summed E-state index contributed by atoms with van der Waals surface area (Å²) in [6, 6.07) is 0. The second-order valence-electron chi connectivity index (χ2n) is 5.46. The normalized spacial score (nSPS) is 23.1. The highest BCUT2D eigenvalue weighted by Gasteiger charge is 2.42. The Bertz CT molecular complexity index is 504. The fourth-order valence-corrected chi connectivity index (χ4v) is 2.69. The number of carbonyl (C=O) groups is 1. The van der Waals surface area contributed by atoms with Crippen molar-refractivity contribution >= 4 is 11.7 Å². The van der Waals surface area contributed by atoms with Gasteiger partial charge >= 0.3 is 6.18 Å². The molecule has 0 spiro atoms. The number of anilines is 1. The van der Waals surface area contributed by atoms with E-state index in [-0.39, 0.29) is 38.1 Å². The summed E-state index contributed by atoms with van der Waals surface area (Å²) in [5.41, 5.74) is 6.26. The molecule has 118 valence electrons. The zero-order chi connectivity index (χ0) is 15.6. The standard InChI is InChI=1S/C13H19F3N4O/c1-20-7-9(6-17)11(19-20)18-12(21)8-2-4-10(5-3-8)13(14,15)16/h7-8,10H,2-6,17H2,1H3,(H,18,19,21). The van der Waals surface area contributed by atoms with Gasteiger partial charge in [0.05, 0.1) is 5.92 Å². The van der Waals surface area contributed by atoms with Crippen molar-refractivity contribution in [3.8, 4) is 0 Å². The number of aromatic nitrogens is 2. The molecule has 5 nitrogen and oxygen atoms in total. The molecule has 0 saturated heterocycles. The Balaban J connectivity index is 1.93. The van der Waals surface area contributed by atoms with E-state index in [1.54, 1.807) is 17.9 Å². The minimum Gasteiger partial charge on any atom is -0.326 e. The quantitative estimate of drug-likeness (QED) is 0.899. The van der Waals surface area contributed by atoms with Crippen LogP contribution in [-0.2, 0) is 18.4 Å². The number of halogens is 3. The van der Waals surface area contributed by atoms with Crippen molar-refractivity contribution in [2.24, 2.45) is 24.6 Å². The van der Waals surface area contributed by atoms with Gasteiger partial charge in [-0.15, -0.1) is 0 Å². The first kappa shape index (κ1) is 15.8. The van der Waals surface area contributed by atoms with Gasteiger partial charge in [0.25, 0.3) is 0 Å². The van der Waals surface area contributed by atoms with Gasteiger partial charge in [-0.2, -0.15) is 18.3 Å². The van der Waals surface area contributed by atoms with E-state index in [1.807, 2.05) is 0 Å². The molecule has 0 radical (unpaired) electrons. The van der Waals surface area contributed by atoms with Crippen LogP contribution in [0.15, 0.2) is 6.20 Å². The van der Waals surface area contributed by atoms with Crippen LogP contribution < -0.4 is 11.1 Å². The van der Waals surface area contributed by atoms with Crippen LogP contribution in [-0.4, -0.2) is 21.9 Å². The van der Waals surface area contributed by atoms with Crippen molar-refractivity contribution in [1.82, 2.24) is 9.78 Å². The van der Waals surface area contributed by atoms with Crippen LogP contribution in [0.25, 0.3) is 0 Å². The van der Waals surface area contributed by atoms with E-state index in [2.05, 4.69) is 10.4 Å². The van der Waals surface area contributed by atoms with Crippen LogP contribution in [0.1, 0.15) is 31.2 Å². The van der Waals surface area contributed by atoms with Crippen molar-refractivity contribution in [2.75, 3.05) is 5.32 Å². The Morgan fingerprint density at radius 1 is 1.43 bits per heavy atom. The average Bonchev–Trinajstić information content (AvgIpc) is 2.78. The second-order valence-corrected chi connectivity index (χ2v) is 5.46. The molecule has 0 bridgehead atoms. The maximum absolute atomic E-state index is 12.6. The highest BCUT2D eigenvalue weighted by Crippen LogP contribution is 2.39. The van der Waals surface area contributed by atoms with E-state index in [9.17, 15) is 18.0 Å². The molecule has 1 aromatic heterocycles. The molecule has 1 fully saturated rings. The molecule has 3 N–H and O–H groups in total. The number of hydrogen-bond acceptors (Lipinski definition) is 3. The van der Waals surface area contributed by atoms with Gasteiger partial charge in [-0.3, -0.25) is 9.48 Å². The Labute approximate surface area is 120 Å². The Kier molecular flexibility index (Phi) is 4.55. The number of carbonyl (C=O) groups excluding carboxylic acids is 1. The highest BCUT2D eigenvalue weighted by molar-refractivity contribution is 5.92. The molecule has 21 heavy (non-hydrogen) atoms. The molecule has 2 rings (SSSR count). The summed E-state index contributed by atoms with van der Waals surface area (Å²) in [5.74, 6) is -1.56. The second kappa shape index (κ2) is 6.05. The molecule has 1 saturated carbocycles. The molecule has 1 aliphatic carbocycles. The van der Waals surface area contributed by atoms with Gasteiger partial charge < -0.3 is 11.1 Å². The van der Waals surface area contributed by atoms with Crippen LogP contribution >= 0.6 is 0 Å². The molecule has 0 unspecified atom stereocenters. The molecule has 1 aliphatic rings. The zero-order valence-electron chi connectivity index (χ0n) is 11.8. The van der Waals surface area contributed by atoms with Crippen LogP contribution in [0.5, 0.6) is 0 Å². The zero-order valence-corrected chi connectivity index (χ0v) is 11.8. The molecule has 8 heteroatoms. The van der Waals surface area contributed by atoms with Gasteiger partial charge in [0.1, 0.15) is 0 Å². The lowest BCUT2D eigenvalue weighted by molar-refractivity contribution is -0.184. The number of amides is 1. The average molecular weight is 304 g/mol. The SMILES string of the molecule is Cn1cc(CN)c(NC(=O)C2CCC(C(F)(F)F)CC2)n1. The maximum atomic E-state index is 12.6. The maximum Gasteiger partial charge on any atom is 0.391 e. The molecular formula is C13H19F3N4O. The third-order valence-corrected chi connectivity index (χ3v) is 3.93. The smallest absolute Gasteiger partial charge is 0.326 e. The summed E-state index contributed by atoms with van der Waals surface area (Å²) in [6.45, 7) is 0.240. The van der Waals surface area contributed by atoms with Gasteiger partial charge in [0.15, 0.2) is 5.82 Å². The van der Waals surface area contributed by atoms with E-state index >= 15 is 0 Å². The van der Waals surface area contributed by atoms with Gasteiger partial charge in [-0.25, -0.2) is 0 Å². The number of nitrogens with one attached hydrogen (secondary N) is 1. The largest absolute Gasteiger partial charge is 0.391 e. The first-order chi connectivity index (χ1) is 9.81. The monoisotopic (exact) mass is 304 g/mol. The van der Waals surface area contributed by atoms with Crippen molar-refractivity contribution in [2.45, 2.75) is 38.4 Å². The number of alkyl halides is 3. The van der Waals surface area contributed by atoms with Crippen LogP contribution in [0.4, 0.5) is 19.0 Å². The summed E-state index contributed by atoms with van der Waals surface area (Å²) in [6.07, 6.45) is -1.94.